The molecule has 1 N–H and O–H groups in total. The number of nitrogens with one attached hydrogen (secondary N) is 1. The lowest BCUT2D eigenvalue weighted by atomic mass is 10.1. The predicted octanol–water partition coefficient (Wildman–Crippen LogP) is 3.66. The number of halogens is 2. The minimum Gasteiger partial charge on any atom is -0.360 e. The summed E-state index contributed by atoms with van der Waals surface area (Å²) in [6, 6.07) is 10.6. The number of thiophene rings is 1. The van der Waals surface area contributed by atoms with Crippen LogP contribution in [-0.4, -0.2) is 43.6 Å². The van der Waals surface area contributed by atoms with Crippen LogP contribution in [0.1, 0.15) is 18.1 Å². The zero-order valence-electron chi connectivity index (χ0n) is 15.2. The van der Waals surface area contributed by atoms with E-state index in [9.17, 15) is 4.39 Å². The minimum absolute atomic E-state index is 0. The van der Waals surface area contributed by atoms with Crippen LogP contribution >= 0.6 is 35.3 Å². The van der Waals surface area contributed by atoms with Gasteiger partial charge in [-0.1, -0.05) is 0 Å². The largest absolute Gasteiger partial charge is 0.360 e. The van der Waals surface area contributed by atoms with Gasteiger partial charge in [-0.15, -0.1) is 35.3 Å². The molecular formula is C19H23FIN5S. The van der Waals surface area contributed by atoms with Gasteiger partial charge in [0.2, 0.25) is 0 Å². The van der Waals surface area contributed by atoms with Crippen molar-refractivity contribution in [3.63, 3.8) is 0 Å². The fourth-order valence-electron chi connectivity index (χ4n) is 2.94. The maximum Gasteiger partial charge on any atom is 0.194 e. The van der Waals surface area contributed by atoms with Gasteiger partial charge in [0.25, 0.3) is 0 Å². The van der Waals surface area contributed by atoms with E-state index in [1.54, 1.807) is 17.4 Å². The average molecular weight is 499 g/mol. The molecule has 8 heteroatoms. The fourth-order valence-corrected chi connectivity index (χ4v) is 3.73. The number of guanidine groups is 1. The van der Waals surface area contributed by atoms with Crippen molar-refractivity contribution in [1.29, 1.82) is 5.26 Å². The molecule has 0 amide bonds. The SMILES string of the molecule is CCNC(=NCc1cc(C#N)ccc1F)N1CCN(c2cccs2)CC1.I. The summed E-state index contributed by atoms with van der Waals surface area (Å²) >= 11 is 1.76. The quantitative estimate of drug-likeness (QED) is 0.397. The van der Waals surface area contributed by atoms with Crippen LogP contribution in [0.4, 0.5) is 9.39 Å². The summed E-state index contributed by atoms with van der Waals surface area (Å²) in [6.45, 7) is 6.59. The van der Waals surface area contributed by atoms with E-state index in [1.165, 1.54) is 17.1 Å². The first-order valence-electron chi connectivity index (χ1n) is 8.71. The molecule has 0 atom stereocenters. The lowest BCUT2D eigenvalue weighted by molar-refractivity contribution is 0.373. The highest BCUT2D eigenvalue weighted by atomic mass is 127. The van der Waals surface area contributed by atoms with Crippen LogP contribution in [0.15, 0.2) is 40.7 Å². The normalized spacial score (nSPS) is 14.5. The van der Waals surface area contributed by atoms with Crippen LogP contribution in [0.2, 0.25) is 0 Å². The average Bonchev–Trinajstić information content (AvgIpc) is 3.21. The number of piperazine rings is 1. The van der Waals surface area contributed by atoms with E-state index >= 15 is 0 Å². The van der Waals surface area contributed by atoms with Crippen molar-refractivity contribution in [2.24, 2.45) is 4.99 Å². The lowest BCUT2D eigenvalue weighted by Gasteiger charge is -2.37. The summed E-state index contributed by atoms with van der Waals surface area (Å²) in [5.74, 6) is 0.464. The lowest BCUT2D eigenvalue weighted by Crippen LogP contribution is -2.52. The number of anilines is 1. The van der Waals surface area contributed by atoms with Crippen LogP contribution in [0.3, 0.4) is 0 Å². The molecule has 1 aromatic carbocycles. The zero-order chi connectivity index (χ0) is 18.4. The molecule has 1 aromatic heterocycles. The van der Waals surface area contributed by atoms with Gasteiger partial charge in [0.05, 0.1) is 23.2 Å². The molecular weight excluding hydrogens is 476 g/mol. The van der Waals surface area contributed by atoms with Gasteiger partial charge in [-0.2, -0.15) is 5.26 Å². The monoisotopic (exact) mass is 499 g/mol. The van der Waals surface area contributed by atoms with E-state index in [0.717, 1.165) is 38.7 Å². The Morgan fingerprint density at radius 3 is 2.70 bits per heavy atom. The Morgan fingerprint density at radius 2 is 2.07 bits per heavy atom. The first-order chi connectivity index (χ1) is 12.7. The van der Waals surface area contributed by atoms with Gasteiger partial charge in [0.1, 0.15) is 5.82 Å². The molecule has 1 aliphatic heterocycles. The molecule has 0 unspecified atom stereocenters. The van der Waals surface area contributed by atoms with Gasteiger partial charge in [-0.05, 0) is 42.6 Å². The third-order valence-corrected chi connectivity index (χ3v) is 5.23. The first kappa shape index (κ1) is 21.4. The van der Waals surface area contributed by atoms with Gasteiger partial charge in [-0.3, -0.25) is 0 Å². The Balaban J connectivity index is 0.00000261. The van der Waals surface area contributed by atoms with Crippen LogP contribution in [-0.2, 0) is 6.54 Å². The number of nitrogens with zero attached hydrogens (tertiary/aromatic N) is 4. The van der Waals surface area contributed by atoms with E-state index in [-0.39, 0.29) is 36.3 Å². The van der Waals surface area contributed by atoms with E-state index in [2.05, 4.69) is 37.6 Å². The summed E-state index contributed by atoms with van der Waals surface area (Å²) in [6.07, 6.45) is 0. The summed E-state index contributed by atoms with van der Waals surface area (Å²) in [5.41, 5.74) is 0.892. The molecule has 1 fully saturated rings. The van der Waals surface area contributed by atoms with Crippen molar-refractivity contribution in [2.45, 2.75) is 13.5 Å². The van der Waals surface area contributed by atoms with Crippen LogP contribution in [0.25, 0.3) is 0 Å². The summed E-state index contributed by atoms with van der Waals surface area (Å²) < 4.78 is 14.0. The van der Waals surface area contributed by atoms with Crippen LogP contribution in [0.5, 0.6) is 0 Å². The summed E-state index contributed by atoms with van der Waals surface area (Å²) in [5, 5.41) is 15.7. The standard InChI is InChI=1S/C19H22FN5S.HI/c1-2-22-19(23-14-16-12-15(13-21)5-6-17(16)20)25-9-7-24(8-10-25)18-4-3-11-26-18;/h3-6,11-12H,2,7-10,14H2,1H3,(H,22,23);1H. The summed E-state index contributed by atoms with van der Waals surface area (Å²) in [4.78, 5) is 9.18. The second-order valence-electron chi connectivity index (χ2n) is 6.01. The molecule has 2 aromatic rings. The number of hydrogen-bond acceptors (Lipinski definition) is 4. The smallest absolute Gasteiger partial charge is 0.194 e. The highest BCUT2D eigenvalue weighted by Gasteiger charge is 2.20. The molecule has 144 valence electrons. The van der Waals surface area contributed by atoms with E-state index in [1.807, 2.05) is 13.0 Å². The van der Waals surface area contributed by atoms with Crippen molar-refractivity contribution in [1.82, 2.24) is 10.2 Å². The minimum atomic E-state index is -0.328. The Labute approximate surface area is 180 Å². The van der Waals surface area contributed by atoms with Crippen molar-refractivity contribution >= 4 is 46.3 Å². The Morgan fingerprint density at radius 1 is 1.30 bits per heavy atom. The number of nitriles is 1. The fraction of sp³-hybridized carbons (Fsp3) is 0.368. The molecule has 0 saturated carbocycles. The van der Waals surface area contributed by atoms with E-state index < -0.39 is 0 Å². The molecule has 27 heavy (non-hydrogen) atoms. The van der Waals surface area contributed by atoms with Crippen molar-refractivity contribution < 1.29 is 4.39 Å². The van der Waals surface area contributed by atoms with Gasteiger partial charge in [0, 0.05) is 38.3 Å². The molecule has 1 aliphatic rings. The number of aliphatic imine (C=N–C) groups is 1. The molecule has 5 nitrogen and oxygen atoms in total. The first-order valence-corrected chi connectivity index (χ1v) is 9.59. The topological polar surface area (TPSA) is 54.7 Å². The van der Waals surface area contributed by atoms with Crippen LogP contribution in [0, 0.1) is 17.1 Å². The third-order valence-electron chi connectivity index (χ3n) is 4.31. The number of hydrogen-bond donors (Lipinski definition) is 1. The Bertz CT molecular complexity index is 795. The Hall–Kier alpha value is -1.86. The van der Waals surface area contributed by atoms with Crippen molar-refractivity contribution in [3.05, 3.63) is 52.7 Å². The molecule has 0 spiro atoms. The van der Waals surface area contributed by atoms with Crippen LogP contribution < -0.4 is 10.2 Å². The van der Waals surface area contributed by atoms with Gasteiger partial charge in [0.15, 0.2) is 5.96 Å². The maximum absolute atomic E-state index is 14.0. The van der Waals surface area contributed by atoms with Crippen molar-refractivity contribution in [3.8, 4) is 6.07 Å². The van der Waals surface area contributed by atoms with Gasteiger partial charge >= 0.3 is 0 Å². The molecule has 0 radical (unpaired) electrons. The van der Waals surface area contributed by atoms with E-state index in [4.69, 9.17) is 5.26 Å². The second kappa shape index (κ2) is 10.5. The molecule has 2 heterocycles. The third kappa shape index (κ3) is 5.56. The van der Waals surface area contributed by atoms with Gasteiger partial charge < -0.3 is 15.1 Å². The number of benzene rings is 1. The molecule has 0 bridgehead atoms. The molecule has 3 rings (SSSR count). The second-order valence-corrected chi connectivity index (χ2v) is 6.94. The molecule has 0 aliphatic carbocycles. The molecule has 1 saturated heterocycles. The van der Waals surface area contributed by atoms with Crippen molar-refractivity contribution in [2.75, 3.05) is 37.6 Å². The van der Waals surface area contributed by atoms with E-state index in [0.29, 0.717) is 11.1 Å². The zero-order valence-corrected chi connectivity index (χ0v) is 18.3. The summed E-state index contributed by atoms with van der Waals surface area (Å²) in [7, 11) is 0. The predicted molar refractivity (Wildman–Crippen MR) is 119 cm³/mol. The number of rotatable bonds is 4. The highest BCUT2D eigenvalue weighted by Crippen LogP contribution is 2.22. The van der Waals surface area contributed by atoms with Gasteiger partial charge in [-0.25, -0.2) is 9.38 Å². The maximum atomic E-state index is 14.0. The highest BCUT2D eigenvalue weighted by molar-refractivity contribution is 14.0. The Kier molecular flexibility index (Phi) is 8.31.